The maximum absolute atomic E-state index is 14.7. The molecular weight excluding hydrogens is 1390 g/mol. The molecule has 12 atom stereocenters. The molecule has 6 heterocycles. The summed E-state index contributed by atoms with van der Waals surface area (Å²) < 4.78 is 74.4. The smallest absolute Gasteiger partial charge is 0.342 e. The SMILES string of the molecule is CO[C@H]1/C=C/C[C@H](C)CS(N)(=O)=NC(=O)c2ccc3c(c2)N(C[C@@H]2CC[C@H]21)C[C@@]1(CCCc2cc(Cl)ccc21)CO3.COc1nn(C)cc1C(=O)C[S@@]1(=O)=NC(=O)c2ccc3c(c2)N(C[C@@H]2CC[C@H]2[C@@H](OC)/C=C/C[C@H](C)C1)C[C@@]1(CCCc2cc(Cl)ccc21)CO3.COc1nn(C)cc1C(=O)O. The number of aryl methyl sites for hydroxylation is 4. The highest BCUT2D eigenvalue weighted by Gasteiger charge is 2.47. The summed E-state index contributed by atoms with van der Waals surface area (Å²) >= 11 is 12.9. The minimum absolute atomic E-state index is 0.0166. The van der Waals surface area contributed by atoms with Gasteiger partial charge in [0.05, 0.1) is 66.5 Å². The Morgan fingerprint density at radius 2 is 1.11 bits per heavy atom. The maximum atomic E-state index is 14.7. The number of nitrogens with two attached hydrogens (primary N) is 1. The number of carbonyl (C=O) groups is 4. The molecule has 4 bridgehead atoms. The van der Waals surface area contributed by atoms with Gasteiger partial charge in [-0.15, -0.1) is 14.6 Å². The Hall–Kier alpha value is -7.58. The molecule has 2 saturated carbocycles. The number of fused-ring (bicyclic) bond motifs is 8. The van der Waals surface area contributed by atoms with Gasteiger partial charge in [0, 0.05) is 110 Å². The van der Waals surface area contributed by atoms with Gasteiger partial charge in [-0.05, 0) is 195 Å². The second kappa shape index (κ2) is 31.6. The van der Waals surface area contributed by atoms with Crippen LogP contribution in [0, 0.1) is 35.5 Å². The number of aromatic carboxylic acids is 1. The molecule has 26 heteroatoms. The molecule has 22 nitrogen and oxygen atoms in total. The van der Waals surface area contributed by atoms with E-state index in [9.17, 15) is 27.6 Å². The molecule has 4 aliphatic carbocycles. The maximum Gasteiger partial charge on any atom is 0.342 e. The van der Waals surface area contributed by atoms with Crippen molar-refractivity contribution in [3.8, 4) is 23.3 Å². The molecule has 2 amide bonds. The van der Waals surface area contributed by atoms with E-state index < -0.39 is 49.0 Å². The van der Waals surface area contributed by atoms with E-state index in [2.05, 4.69) is 77.3 Å². The van der Waals surface area contributed by atoms with E-state index in [1.807, 2.05) is 50.2 Å². The second-order valence-corrected chi connectivity index (χ2v) is 34.5. The van der Waals surface area contributed by atoms with E-state index in [0.29, 0.717) is 66.6 Å². The van der Waals surface area contributed by atoms with Gasteiger partial charge in [0.15, 0.2) is 5.78 Å². The molecule has 0 radical (unpaired) electrons. The molecule has 0 saturated heterocycles. The molecule has 8 aliphatic rings. The molecular formula is C77H95Cl2N9O13S2. The lowest BCUT2D eigenvalue weighted by Gasteiger charge is -2.46. The van der Waals surface area contributed by atoms with Crippen LogP contribution < -0.4 is 33.9 Å². The number of hydrogen-bond donors (Lipinski definition) is 2. The van der Waals surface area contributed by atoms with Gasteiger partial charge in [-0.2, -0.15) is 4.36 Å². The first-order valence-electron chi connectivity index (χ1n) is 35.6. The lowest BCUT2D eigenvalue weighted by molar-refractivity contribution is 0.0131. The van der Waals surface area contributed by atoms with Gasteiger partial charge in [-0.25, -0.2) is 18.4 Å². The summed E-state index contributed by atoms with van der Waals surface area (Å²) in [5.74, 6) is 0.396. The van der Waals surface area contributed by atoms with Gasteiger partial charge in [0.2, 0.25) is 11.8 Å². The molecule has 1 unspecified atom stereocenters. The quantitative estimate of drug-likeness (QED) is 0.106. The number of allylic oxidation sites excluding steroid dienone is 2. The summed E-state index contributed by atoms with van der Waals surface area (Å²) in [6.07, 6.45) is 23.1. The highest BCUT2D eigenvalue weighted by Crippen LogP contribution is 2.50. The van der Waals surface area contributed by atoms with Gasteiger partial charge in [0.25, 0.3) is 11.8 Å². The number of methoxy groups -OCH3 is 4. The number of nitrogens with zero attached hydrogens (tertiary/aromatic N) is 8. The molecule has 14 rings (SSSR count). The van der Waals surface area contributed by atoms with E-state index in [1.54, 1.807) is 46.6 Å². The second-order valence-electron chi connectivity index (χ2n) is 29.4. The van der Waals surface area contributed by atoms with Crippen LogP contribution in [0.15, 0.2) is 118 Å². The molecule has 3 N–H and O–H groups in total. The van der Waals surface area contributed by atoms with Gasteiger partial charge >= 0.3 is 5.97 Å². The Bertz CT molecular complexity index is 4520. The van der Waals surface area contributed by atoms with Crippen LogP contribution in [0.25, 0.3) is 0 Å². The van der Waals surface area contributed by atoms with Crippen LogP contribution in [0.1, 0.15) is 142 Å². The third-order valence-electron chi connectivity index (χ3n) is 22.0. The number of amides is 2. The van der Waals surface area contributed by atoms with E-state index >= 15 is 0 Å². The number of carboxylic acid groups (broad SMARTS) is 1. The van der Waals surface area contributed by atoms with Crippen LogP contribution in [-0.4, -0.2) is 154 Å². The number of Topliss-reactive ketones (excluding diaryl/α,β-unsaturated/α-hetero) is 1. The van der Waals surface area contributed by atoms with E-state index in [0.717, 1.165) is 118 Å². The molecule has 2 aromatic heterocycles. The summed E-state index contributed by atoms with van der Waals surface area (Å²) in [4.78, 5) is 56.2. The lowest BCUT2D eigenvalue weighted by atomic mass is 9.68. The van der Waals surface area contributed by atoms with Crippen molar-refractivity contribution in [1.82, 2.24) is 19.6 Å². The standard InChI is InChI=1S/C39H47ClN4O6S.C32H40ClN3O4S.C6H8N2O3/c1-25-7-5-9-35(48-3)30-13-10-28(30)19-44-23-39(16-6-8-26-17-29(40)12-14-32(26)39)24-50-36-15-11-27(18-33(36)44)37(46)42-51(47,21-25)22-34(45)31-20-43(2)41-38(31)49-4;1-21-5-3-7-29(39-2)26-11-8-24(26)17-36-19-32(14-4-6-22-15-25(33)10-12-27(22)32)20-40-30-13-9-23(16-28(30)36)31(37)35-41(34,38)18-21;1-8-3-4(6(9)10)5(7-8)11-2/h5,9,11-12,14-15,17-18,20,25,28,30,35H,6-8,10,13,16,19,21-24H2,1-4H3;3,7,9-10,12-13,15-16,21,24,26,29H,4-6,8,11,14,17-20H2,1-2H3,(H2,34,35,37,38);3H,1-2H3,(H,9,10)/b9-5+;7-3+;/t25-,28-,30+,35-,39-,51+;21-,24-,26+,29-,32-,41?;/m00./s1. The van der Waals surface area contributed by atoms with E-state index in [-0.39, 0.29) is 69.3 Å². The van der Waals surface area contributed by atoms with E-state index in [4.69, 9.17) is 61.9 Å². The minimum Gasteiger partial charge on any atom is -0.490 e. The van der Waals surface area contributed by atoms with Crippen molar-refractivity contribution >= 4 is 77.8 Å². The number of benzene rings is 4. The molecule has 2 spiro atoms. The molecule has 552 valence electrons. The zero-order valence-electron chi connectivity index (χ0n) is 59.9. The number of carbonyl (C=O) groups excluding carboxylic acids is 3. The topological polar surface area (TPSA) is 271 Å². The van der Waals surface area contributed by atoms with Gasteiger partial charge in [0.1, 0.15) is 32.5 Å². The number of ether oxygens (including phenoxy) is 6. The number of hydrogen-bond acceptors (Lipinski definition) is 16. The Kier molecular flexibility index (Phi) is 23.1. The summed E-state index contributed by atoms with van der Waals surface area (Å²) in [7, 11) is 3.16. The first-order chi connectivity index (χ1) is 49.3. The van der Waals surface area contributed by atoms with Crippen molar-refractivity contribution in [2.45, 2.75) is 114 Å². The average Bonchev–Trinajstić information content (AvgIpc) is 1.70. The molecule has 103 heavy (non-hydrogen) atoms. The first-order valence-corrected chi connectivity index (χ1v) is 39.9. The van der Waals surface area contributed by atoms with Crippen molar-refractivity contribution in [1.29, 1.82) is 0 Å². The highest BCUT2D eigenvalue weighted by atomic mass is 35.5. The van der Waals surface area contributed by atoms with Crippen LogP contribution in [0.4, 0.5) is 11.4 Å². The molecule has 6 aromatic rings. The largest absolute Gasteiger partial charge is 0.490 e. The third-order valence-corrected chi connectivity index (χ3v) is 26.3. The number of aromatic nitrogens is 4. The monoisotopic (exact) mass is 1490 g/mol. The predicted molar refractivity (Wildman–Crippen MR) is 400 cm³/mol. The summed E-state index contributed by atoms with van der Waals surface area (Å²) in [6, 6.07) is 23.3. The molecule has 4 aliphatic heterocycles. The first kappa shape index (κ1) is 75.1. The average molecular weight is 1490 g/mol. The van der Waals surface area contributed by atoms with Crippen molar-refractivity contribution in [2.75, 3.05) is 94.9 Å². The highest BCUT2D eigenvalue weighted by molar-refractivity contribution is 7.94. The Balaban J connectivity index is 0.000000172. The van der Waals surface area contributed by atoms with Gasteiger partial charge in [-0.3, -0.25) is 23.7 Å². The van der Waals surface area contributed by atoms with Gasteiger partial charge < -0.3 is 43.3 Å². The van der Waals surface area contributed by atoms with Crippen molar-refractivity contribution in [2.24, 2.45) is 63.5 Å². The van der Waals surface area contributed by atoms with Crippen molar-refractivity contribution in [3.05, 3.63) is 164 Å². The fraction of sp³-hybridized carbons (Fsp3) is 0.506. The third kappa shape index (κ3) is 16.8. The number of carboxylic acids is 1. The summed E-state index contributed by atoms with van der Waals surface area (Å²) in [5, 5.41) is 24.1. The van der Waals surface area contributed by atoms with Crippen LogP contribution in [0.3, 0.4) is 0 Å². The Morgan fingerprint density at radius 3 is 1.55 bits per heavy atom. The summed E-state index contributed by atoms with van der Waals surface area (Å²) in [5.41, 5.74) is 7.36. The van der Waals surface area contributed by atoms with Crippen molar-refractivity contribution in [3.63, 3.8) is 0 Å². The Labute approximate surface area is 614 Å². The number of halogens is 2. The Morgan fingerprint density at radius 1 is 0.641 bits per heavy atom. The summed E-state index contributed by atoms with van der Waals surface area (Å²) in [6.45, 7) is 8.11. The normalized spacial score (nSPS) is 29.5. The van der Waals surface area contributed by atoms with Crippen LogP contribution in [0.5, 0.6) is 23.3 Å². The van der Waals surface area contributed by atoms with E-state index in [1.165, 1.54) is 52.0 Å². The molecule has 4 aromatic carbocycles. The fourth-order valence-corrected chi connectivity index (χ4v) is 20.7. The number of rotatable bonds is 8. The number of ketones is 1. The molecule has 2 fully saturated rings. The number of anilines is 2. The lowest BCUT2D eigenvalue weighted by Crippen LogP contribution is -2.49. The van der Waals surface area contributed by atoms with Gasteiger partial charge in [-0.1, -0.05) is 73.5 Å². The minimum atomic E-state index is -3.34. The predicted octanol–water partition coefficient (Wildman–Crippen LogP) is 12.7. The zero-order chi connectivity index (χ0) is 73.1. The fourth-order valence-electron chi connectivity index (χ4n) is 16.7. The van der Waals surface area contributed by atoms with Crippen molar-refractivity contribution < 1.29 is 61.1 Å². The van der Waals surface area contributed by atoms with Crippen LogP contribution in [-0.2, 0) is 66.9 Å². The van der Waals surface area contributed by atoms with Crippen LogP contribution >= 0.6 is 23.2 Å². The van der Waals surface area contributed by atoms with Crippen LogP contribution in [0.2, 0.25) is 10.0 Å². The zero-order valence-corrected chi connectivity index (χ0v) is 63.1.